The zero-order valence-corrected chi connectivity index (χ0v) is 56.2. The second-order valence-electron chi connectivity index (χ2n) is 22.7. The molecule has 0 saturated heterocycles. The molecule has 0 rings (SSSR count). The second-order valence-corrected chi connectivity index (χ2v) is 22.7. The lowest BCUT2D eigenvalue weighted by Crippen LogP contribution is -2.40. The van der Waals surface area contributed by atoms with Gasteiger partial charge in [0.2, 0.25) is 0 Å². The Kier molecular flexibility index (Phi) is 62.7. The van der Waals surface area contributed by atoms with Gasteiger partial charge in [-0.15, -0.1) is 0 Å². The van der Waals surface area contributed by atoms with Gasteiger partial charge in [-0.3, -0.25) is 9.59 Å². The number of esters is 2. The lowest BCUT2D eigenvalue weighted by molar-refractivity contribution is -0.870. The highest BCUT2D eigenvalue weighted by Crippen LogP contribution is 2.12. The highest BCUT2D eigenvalue weighted by atomic mass is 16.7. The molecule has 0 heterocycles. The molecule has 0 aliphatic rings. The van der Waals surface area contributed by atoms with Crippen molar-refractivity contribution in [3.63, 3.8) is 0 Å². The zero-order chi connectivity index (χ0) is 64.7. The van der Waals surface area contributed by atoms with Gasteiger partial charge in [-0.2, -0.15) is 0 Å². The third-order valence-electron chi connectivity index (χ3n) is 13.2. The first-order chi connectivity index (χ1) is 43.6. The normalized spacial score (nSPS) is 14.1. The number of nitrogens with zero attached hydrogens (tertiary/aromatic N) is 1. The SMILES string of the molecule is CC/C=C\C/C=C\C/C=C\C/C=C\C/C=C\C/C=C\C/C=C\C/C=C\C/C=C\C/C=C\C/C=C\C/C=C\CCCCC(=O)OC(COC(=O)CCCCCCCC/C=C\C/C=C\C/C=C\C/C=C\C/C=C\C/C=C\CC)COC(OCC[N+](C)(C)C)C(=O)O. The minimum Gasteiger partial charge on any atom is -0.477 e. The molecule has 2 atom stereocenters. The third kappa shape index (κ3) is 69.0. The Balaban J connectivity index is 4.35. The molecule has 0 aliphatic carbocycles. The maximum Gasteiger partial charge on any atom is 0.361 e. The molecular weight excluding hydrogens is 1100 g/mol. The number of carbonyl (C=O) groups excluding carboxylic acids is 2. The average Bonchev–Trinajstić information content (AvgIpc) is 3.64. The van der Waals surface area contributed by atoms with Crippen LogP contribution in [-0.4, -0.2) is 87.4 Å². The number of allylic oxidation sites excluding steroid dienone is 36. The summed E-state index contributed by atoms with van der Waals surface area (Å²) in [5.74, 6) is -2.12. The van der Waals surface area contributed by atoms with E-state index in [-0.39, 0.29) is 38.6 Å². The highest BCUT2D eigenvalue weighted by molar-refractivity contribution is 5.71. The summed E-state index contributed by atoms with van der Waals surface area (Å²) in [4.78, 5) is 37.6. The summed E-state index contributed by atoms with van der Waals surface area (Å²) in [5, 5.41) is 9.73. The van der Waals surface area contributed by atoms with E-state index in [0.29, 0.717) is 23.9 Å². The number of carboxylic acid groups (broad SMARTS) is 1. The number of quaternary nitrogens is 1. The van der Waals surface area contributed by atoms with E-state index in [4.69, 9.17) is 18.9 Å². The van der Waals surface area contributed by atoms with Crippen LogP contribution in [0.2, 0.25) is 0 Å². The minimum absolute atomic E-state index is 0.163. The number of unbranched alkanes of at least 4 members (excludes halogenated alkanes) is 8. The Morgan fingerprint density at radius 3 is 0.921 bits per heavy atom. The Bertz CT molecular complexity index is 2260. The fraction of sp³-hybridized carbons (Fsp3) is 0.512. The van der Waals surface area contributed by atoms with E-state index in [9.17, 15) is 19.5 Å². The summed E-state index contributed by atoms with van der Waals surface area (Å²) in [5.41, 5.74) is 0. The fourth-order valence-electron chi connectivity index (χ4n) is 8.11. The van der Waals surface area contributed by atoms with Crippen LogP contribution in [0.25, 0.3) is 0 Å². The number of aliphatic carboxylic acids is 1. The summed E-state index contributed by atoms with van der Waals surface area (Å²) in [6.07, 6.45) is 105. The topological polar surface area (TPSA) is 108 Å². The van der Waals surface area contributed by atoms with Gasteiger partial charge in [0.15, 0.2) is 6.10 Å². The quantitative estimate of drug-likeness (QED) is 0.0211. The van der Waals surface area contributed by atoms with Crippen LogP contribution in [0.1, 0.15) is 206 Å². The lowest BCUT2D eigenvalue weighted by atomic mass is 10.1. The number of carbonyl (C=O) groups is 3. The van der Waals surface area contributed by atoms with Gasteiger partial charge >= 0.3 is 17.9 Å². The number of rotatable bonds is 59. The Hall–Kier alpha value is -6.39. The predicted molar refractivity (Wildman–Crippen MR) is 381 cm³/mol. The Morgan fingerprint density at radius 1 is 0.337 bits per heavy atom. The van der Waals surface area contributed by atoms with Gasteiger partial charge in [0.05, 0.1) is 34.4 Å². The van der Waals surface area contributed by atoms with Crippen molar-refractivity contribution >= 4 is 17.9 Å². The van der Waals surface area contributed by atoms with Crippen molar-refractivity contribution in [3.05, 3.63) is 219 Å². The molecule has 0 saturated carbocycles. The maximum atomic E-state index is 12.9. The van der Waals surface area contributed by atoms with Crippen molar-refractivity contribution < 1.29 is 42.9 Å². The first-order valence-electron chi connectivity index (χ1n) is 33.9. The van der Waals surface area contributed by atoms with E-state index in [1.807, 2.05) is 21.1 Å². The summed E-state index contributed by atoms with van der Waals surface area (Å²) in [6, 6.07) is 0. The summed E-state index contributed by atoms with van der Waals surface area (Å²) >= 11 is 0. The van der Waals surface area contributed by atoms with E-state index in [1.54, 1.807) is 0 Å². The summed E-state index contributed by atoms with van der Waals surface area (Å²) in [6.45, 7) is 4.54. The first-order valence-corrected chi connectivity index (χ1v) is 33.9. The largest absolute Gasteiger partial charge is 0.477 e. The smallest absolute Gasteiger partial charge is 0.361 e. The van der Waals surface area contributed by atoms with Crippen LogP contribution in [0.5, 0.6) is 0 Å². The van der Waals surface area contributed by atoms with Crippen molar-refractivity contribution in [2.75, 3.05) is 47.5 Å². The van der Waals surface area contributed by atoms with Gasteiger partial charge in [-0.05, 0) is 154 Å². The van der Waals surface area contributed by atoms with Crippen molar-refractivity contribution in [2.45, 2.75) is 219 Å². The van der Waals surface area contributed by atoms with Crippen LogP contribution >= 0.6 is 0 Å². The summed E-state index contributed by atoms with van der Waals surface area (Å²) in [7, 11) is 5.93. The number of ether oxygens (including phenoxy) is 4. The molecule has 0 spiro atoms. The van der Waals surface area contributed by atoms with Crippen molar-refractivity contribution in [3.8, 4) is 0 Å². The average molecular weight is 1230 g/mol. The van der Waals surface area contributed by atoms with E-state index < -0.39 is 24.3 Å². The molecule has 494 valence electrons. The zero-order valence-electron chi connectivity index (χ0n) is 56.2. The molecule has 0 aromatic rings. The molecule has 0 bridgehead atoms. The van der Waals surface area contributed by atoms with E-state index in [1.165, 1.54) is 0 Å². The highest BCUT2D eigenvalue weighted by Gasteiger charge is 2.25. The first kappa shape index (κ1) is 82.6. The van der Waals surface area contributed by atoms with Crippen molar-refractivity contribution in [1.29, 1.82) is 0 Å². The van der Waals surface area contributed by atoms with Crippen LogP contribution in [-0.2, 0) is 33.3 Å². The molecule has 0 aromatic heterocycles. The van der Waals surface area contributed by atoms with E-state index in [2.05, 4.69) is 233 Å². The molecule has 0 aromatic carbocycles. The molecule has 0 fully saturated rings. The molecule has 0 amide bonds. The van der Waals surface area contributed by atoms with Gasteiger partial charge in [0.1, 0.15) is 13.2 Å². The number of hydrogen-bond donors (Lipinski definition) is 1. The monoisotopic (exact) mass is 1220 g/mol. The van der Waals surface area contributed by atoms with E-state index in [0.717, 1.165) is 167 Å². The minimum atomic E-state index is -1.54. The van der Waals surface area contributed by atoms with Crippen LogP contribution in [0, 0.1) is 0 Å². The van der Waals surface area contributed by atoms with Gasteiger partial charge in [-0.1, -0.05) is 258 Å². The number of hydrogen-bond acceptors (Lipinski definition) is 7. The Morgan fingerprint density at radius 2 is 0.607 bits per heavy atom. The van der Waals surface area contributed by atoms with Crippen LogP contribution in [0.3, 0.4) is 0 Å². The van der Waals surface area contributed by atoms with Crippen molar-refractivity contribution in [2.24, 2.45) is 0 Å². The van der Waals surface area contributed by atoms with Gasteiger partial charge < -0.3 is 28.5 Å². The van der Waals surface area contributed by atoms with Crippen molar-refractivity contribution in [1.82, 2.24) is 0 Å². The van der Waals surface area contributed by atoms with E-state index >= 15 is 0 Å². The van der Waals surface area contributed by atoms with Crippen LogP contribution in [0.4, 0.5) is 0 Å². The third-order valence-corrected chi connectivity index (χ3v) is 13.2. The van der Waals surface area contributed by atoms with Crippen LogP contribution < -0.4 is 0 Å². The fourth-order valence-corrected chi connectivity index (χ4v) is 8.11. The summed E-state index contributed by atoms with van der Waals surface area (Å²) < 4.78 is 22.8. The lowest BCUT2D eigenvalue weighted by Gasteiger charge is -2.25. The standard InChI is InChI=1S/C80H121NO8/c1-6-8-10-12-14-16-18-20-22-24-26-28-30-32-33-34-35-36-37-38-39-40-41-42-43-44-45-47-49-51-53-55-57-59-61-63-65-67-69-71-78(83)89-76(75-88-80(79(84)85)86-73-72-81(3,4)5)74-87-77(82)70-68-66-64-62-60-58-56-54-52-50-48-46-31-29-27-25-23-21-19-17-15-13-11-9-7-2/h8-11,14-17,20-23,26-29,32-33,35-36,38-39,41-42,44-46,48-49,51-52,54-55,57,61,63,76,80H,6-7,12-13,18-19,24-25,30-31,34,37,40,43,47,50,53,56,58-60,62,64-75H2,1-5H3/p+1/b10-8-,11-9-,16-14-,17-15-,22-20-,23-21-,28-26-,29-27-,33-32-,36-35-,39-38-,42-41-,45-44-,48-46-,51-49-,54-52-,57-55-,63-61-. The van der Waals surface area contributed by atoms with Crippen LogP contribution in [0.15, 0.2) is 219 Å². The van der Waals surface area contributed by atoms with Gasteiger partial charge in [0, 0.05) is 12.8 Å². The second kappa shape index (κ2) is 67.5. The molecule has 9 heteroatoms. The Labute approximate surface area is 543 Å². The van der Waals surface area contributed by atoms with Gasteiger partial charge in [0.25, 0.3) is 6.29 Å². The van der Waals surface area contributed by atoms with Gasteiger partial charge in [-0.25, -0.2) is 4.79 Å². The predicted octanol–water partition coefficient (Wildman–Crippen LogP) is 21.3. The molecule has 0 aliphatic heterocycles. The molecular formula is C80H122NO8+. The maximum absolute atomic E-state index is 12.9. The molecule has 0 radical (unpaired) electrons. The molecule has 89 heavy (non-hydrogen) atoms. The number of likely N-dealkylation sites (N-methyl/N-ethyl adjacent to an activating group) is 1. The molecule has 1 N–H and O–H groups in total. The molecule has 9 nitrogen and oxygen atoms in total. The molecule has 2 unspecified atom stereocenters. The number of carboxylic acids is 1.